The first-order valence-corrected chi connectivity index (χ1v) is 18.8. The van der Waals surface area contributed by atoms with Crippen LogP contribution in [0.5, 0.6) is 0 Å². The molecule has 1 aromatic heterocycles. The Bertz CT molecular complexity index is 2390. The van der Waals surface area contributed by atoms with Crippen LogP contribution < -0.4 is 10.6 Å². The van der Waals surface area contributed by atoms with E-state index in [4.69, 9.17) is 4.98 Å². The summed E-state index contributed by atoms with van der Waals surface area (Å²) in [5, 5.41) is 5.18. The van der Waals surface area contributed by atoms with E-state index in [1.54, 1.807) is 30.3 Å². The molecule has 0 radical (unpaired) electrons. The molecule has 0 atom stereocenters. The van der Waals surface area contributed by atoms with Crippen molar-refractivity contribution in [2.45, 2.75) is 69.8 Å². The highest BCUT2D eigenvalue weighted by molar-refractivity contribution is 6.11. The molecule has 0 aliphatic heterocycles. The molecule has 0 saturated carbocycles. The number of para-hydroxylation sites is 1. The molecule has 0 spiro atoms. The van der Waals surface area contributed by atoms with Gasteiger partial charge in [0.05, 0.1) is 16.8 Å². The van der Waals surface area contributed by atoms with Gasteiger partial charge < -0.3 is 15.2 Å². The highest BCUT2D eigenvalue weighted by atomic mass is 19.4. The monoisotopic (exact) mass is 782 g/mol. The number of aromatic nitrogens is 2. The third-order valence-electron chi connectivity index (χ3n) is 10.6. The minimum absolute atomic E-state index is 0.0217. The Labute approximate surface area is 325 Å². The van der Waals surface area contributed by atoms with E-state index in [0.29, 0.717) is 65.7 Å². The molecule has 294 valence electrons. The maximum atomic E-state index is 13.9. The average Bonchev–Trinajstić information content (AvgIpc) is 3.71. The fraction of sp³-hybridized carbons (Fsp3) is 0.267. The molecule has 2 amide bonds. The van der Waals surface area contributed by atoms with Crippen molar-refractivity contribution in [1.82, 2.24) is 14.9 Å². The number of amides is 2. The minimum Gasteiger partial charge on any atom is -0.346 e. The molecule has 6 aromatic rings. The predicted molar refractivity (Wildman–Crippen MR) is 209 cm³/mol. The number of fused-ring (bicyclic) bond motifs is 4. The molecule has 6 nitrogen and oxygen atoms in total. The number of nitrogens with zero attached hydrogens (tertiary/aromatic N) is 2. The summed E-state index contributed by atoms with van der Waals surface area (Å²) in [4.78, 5) is 32.6. The molecular formula is C45H40F6N4O2. The molecular weight excluding hydrogens is 743 g/mol. The van der Waals surface area contributed by atoms with Crippen LogP contribution in [0.4, 0.5) is 32.0 Å². The number of nitrogens with one attached hydrogen (secondary N) is 2. The predicted octanol–water partition coefficient (Wildman–Crippen LogP) is 11.3. The standard InChI is InChI=1S/C45H40F6N4O2/c1-28(2)40-54-39-37(53-41(56)34-16-5-4-13-31(34)29-21-23-30(24-22-29)45(49,50)51)19-12-20-38(39)55(40)26-11-3-10-25-43(42(57)52-27-44(46,47)48)35-17-8-6-14-32(35)33-15-7-9-18-36(33)43/h4-9,12-24,28H,3,10-11,25-27H2,1-2H3,(H,52,57)(H,53,56). The number of carbonyl (C=O) groups is 2. The van der Waals surface area contributed by atoms with Crippen molar-refractivity contribution >= 4 is 28.5 Å². The van der Waals surface area contributed by atoms with Crippen molar-refractivity contribution in [3.63, 3.8) is 0 Å². The molecule has 0 fully saturated rings. The van der Waals surface area contributed by atoms with Crippen LogP contribution in [0.2, 0.25) is 0 Å². The number of hydrogen-bond donors (Lipinski definition) is 2. The van der Waals surface area contributed by atoms with Crippen LogP contribution in [-0.2, 0) is 22.9 Å². The Morgan fingerprint density at radius 2 is 1.33 bits per heavy atom. The number of anilines is 1. The highest BCUT2D eigenvalue weighted by Crippen LogP contribution is 2.51. The van der Waals surface area contributed by atoms with Crippen LogP contribution in [0.1, 0.15) is 78.3 Å². The van der Waals surface area contributed by atoms with Crippen LogP contribution in [0.15, 0.2) is 115 Å². The number of benzene rings is 5. The van der Waals surface area contributed by atoms with Gasteiger partial charge in [-0.15, -0.1) is 0 Å². The molecule has 57 heavy (non-hydrogen) atoms. The topological polar surface area (TPSA) is 76.0 Å². The highest BCUT2D eigenvalue weighted by Gasteiger charge is 2.49. The Morgan fingerprint density at radius 1 is 0.719 bits per heavy atom. The summed E-state index contributed by atoms with van der Waals surface area (Å²) in [7, 11) is 0. The molecule has 0 saturated heterocycles. The number of unbranched alkanes of at least 4 members (excludes halogenated alkanes) is 2. The molecule has 0 bridgehead atoms. The summed E-state index contributed by atoms with van der Waals surface area (Å²) in [5.74, 6) is -0.287. The van der Waals surface area contributed by atoms with Crippen LogP contribution in [0.3, 0.4) is 0 Å². The maximum Gasteiger partial charge on any atom is 0.416 e. The van der Waals surface area contributed by atoms with Crippen LogP contribution in [0, 0.1) is 0 Å². The summed E-state index contributed by atoms with van der Waals surface area (Å²) in [6.07, 6.45) is -6.80. The second-order valence-electron chi connectivity index (χ2n) is 14.6. The van der Waals surface area contributed by atoms with E-state index in [0.717, 1.165) is 34.6 Å². The number of halogens is 6. The lowest BCUT2D eigenvalue weighted by Gasteiger charge is -2.31. The van der Waals surface area contributed by atoms with Gasteiger partial charge in [-0.2, -0.15) is 26.3 Å². The Kier molecular flexibility index (Phi) is 10.7. The van der Waals surface area contributed by atoms with Crippen LogP contribution in [0.25, 0.3) is 33.3 Å². The van der Waals surface area contributed by atoms with Gasteiger partial charge in [-0.1, -0.05) is 112 Å². The molecule has 5 aromatic carbocycles. The first kappa shape index (κ1) is 39.3. The van der Waals surface area contributed by atoms with Crippen molar-refractivity contribution in [2.75, 3.05) is 11.9 Å². The number of hydrogen-bond acceptors (Lipinski definition) is 3. The number of carbonyl (C=O) groups excluding carboxylic acids is 2. The van der Waals surface area contributed by atoms with E-state index in [1.165, 1.54) is 12.1 Å². The second kappa shape index (κ2) is 15.6. The van der Waals surface area contributed by atoms with E-state index in [-0.39, 0.29) is 11.5 Å². The normalized spacial score (nSPS) is 13.4. The van der Waals surface area contributed by atoms with E-state index >= 15 is 0 Å². The molecule has 7 rings (SSSR count). The zero-order valence-corrected chi connectivity index (χ0v) is 31.3. The van der Waals surface area contributed by atoms with Gasteiger partial charge in [-0.3, -0.25) is 9.59 Å². The van der Waals surface area contributed by atoms with Crippen molar-refractivity contribution < 1.29 is 35.9 Å². The second-order valence-corrected chi connectivity index (χ2v) is 14.6. The van der Waals surface area contributed by atoms with Gasteiger partial charge in [0.2, 0.25) is 5.91 Å². The zero-order chi connectivity index (χ0) is 40.5. The maximum absolute atomic E-state index is 13.9. The molecule has 0 unspecified atom stereocenters. The first-order chi connectivity index (χ1) is 27.2. The van der Waals surface area contributed by atoms with Gasteiger partial charge >= 0.3 is 12.4 Å². The Balaban J connectivity index is 1.10. The number of imidazole rings is 1. The summed E-state index contributed by atoms with van der Waals surface area (Å²) in [5.41, 5.74) is 4.12. The fourth-order valence-electron chi connectivity index (χ4n) is 8.02. The van der Waals surface area contributed by atoms with Crippen molar-refractivity contribution in [2.24, 2.45) is 0 Å². The zero-order valence-electron chi connectivity index (χ0n) is 31.3. The smallest absolute Gasteiger partial charge is 0.346 e. The van der Waals surface area contributed by atoms with E-state index < -0.39 is 41.7 Å². The van der Waals surface area contributed by atoms with Crippen LogP contribution in [-0.4, -0.2) is 34.1 Å². The lowest BCUT2D eigenvalue weighted by atomic mass is 9.73. The summed E-state index contributed by atoms with van der Waals surface area (Å²) < 4.78 is 81.7. The van der Waals surface area contributed by atoms with E-state index in [9.17, 15) is 35.9 Å². The van der Waals surface area contributed by atoms with Crippen molar-refractivity contribution in [3.05, 3.63) is 143 Å². The summed E-state index contributed by atoms with van der Waals surface area (Å²) in [6, 6.07) is 31.7. The Hall–Kier alpha value is -5.91. The number of alkyl halides is 6. The average molecular weight is 783 g/mol. The van der Waals surface area contributed by atoms with Gasteiger partial charge in [0, 0.05) is 18.0 Å². The SMILES string of the molecule is CC(C)c1nc2c(NC(=O)c3ccccc3-c3ccc(C(F)(F)F)cc3)cccc2n1CCCCCC1(C(=O)NCC(F)(F)F)c2ccccc2-c2ccccc21. The molecule has 1 heterocycles. The number of aryl methyl sites for hydroxylation is 1. The summed E-state index contributed by atoms with van der Waals surface area (Å²) >= 11 is 0. The van der Waals surface area contributed by atoms with Gasteiger partial charge in [0.25, 0.3) is 5.91 Å². The fourth-order valence-corrected chi connectivity index (χ4v) is 8.02. The largest absolute Gasteiger partial charge is 0.416 e. The van der Waals surface area contributed by atoms with Gasteiger partial charge in [0.1, 0.15) is 23.3 Å². The third kappa shape index (κ3) is 7.77. The molecule has 12 heteroatoms. The quantitative estimate of drug-likeness (QED) is 0.0959. The Morgan fingerprint density at radius 3 is 1.95 bits per heavy atom. The molecule has 1 aliphatic rings. The molecule has 2 N–H and O–H groups in total. The minimum atomic E-state index is -4.56. The lowest BCUT2D eigenvalue weighted by molar-refractivity contribution is -0.141. The van der Waals surface area contributed by atoms with E-state index in [1.807, 2.05) is 74.5 Å². The van der Waals surface area contributed by atoms with Gasteiger partial charge in [-0.05, 0) is 76.6 Å². The lowest BCUT2D eigenvalue weighted by Crippen LogP contribution is -2.47. The molecule has 1 aliphatic carbocycles. The first-order valence-electron chi connectivity index (χ1n) is 18.8. The van der Waals surface area contributed by atoms with Gasteiger partial charge in [-0.25, -0.2) is 4.98 Å². The van der Waals surface area contributed by atoms with Crippen molar-refractivity contribution in [3.8, 4) is 22.3 Å². The number of rotatable bonds is 12. The summed E-state index contributed by atoms with van der Waals surface area (Å²) in [6.45, 7) is 3.19. The van der Waals surface area contributed by atoms with E-state index in [2.05, 4.69) is 15.2 Å². The van der Waals surface area contributed by atoms with Crippen molar-refractivity contribution in [1.29, 1.82) is 0 Å². The third-order valence-corrected chi connectivity index (χ3v) is 10.6. The van der Waals surface area contributed by atoms with Crippen LogP contribution >= 0.6 is 0 Å². The van der Waals surface area contributed by atoms with Gasteiger partial charge in [0.15, 0.2) is 0 Å².